The summed E-state index contributed by atoms with van der Waals surface area (Å²) in [5.41, 5.74) is 0. The Morgan fingerprint density at radius 1 is 0.439 bits per heavy atom. The molecular weight excluding hydrogens is 703 g/mol. The van der Waals surface area contributed by atoms with Gasteiger partial charge in [0.2, 0.25) is 5.91 Å². The fourth-order valence-electron chi connectivity index (χ4n) is 8.34. The summed E-state index contributed by atoms with van der Waals surface area (Å²) in [6.07, 6.45) is 58.1. The molecule has 0 aliphatic rings. The summed E-state index contributed by atoms with van der Waals surface area (Å²) in [4.78, 5) is 12.5. The zero-order chi connectivity index (χ0) is 41.5. The number of allylic oxidation sites excluding steroid dienone is 1. The van der Waals surface area contributed by atoms with Crippen molar-refractivity contribution in [2.24, 2.45) is 0 Å². The van der Waals surface area contributed by atoms with Crippen LogP contribution >= 0.6 is 0 Å². The van der Waals surface area contributed by atoms with Crippen molar-refractivity contribution in [3.05, 3.63) is 12.2 Å². The first-order valence-corrected chi connectivity index (χ1v) is 26.0. The Labute approximate surface area is 357 Å². The SMILES string of the molecule is CCCCCCCCCCCCCCCCCCCCCCCCC/C=C/C(O)C(CO)NC(=O)CC(O)CCCCCCCCCCCCCCCCCCC. The predicted molar refractivity (Wildman–Crippen MR) is 250 cm³/mol. The summed E-state index contributed by atoms with van der Waals surface area (Å²) in [6, 6.07) is -0.740. The van der Waals surface area contributed by atoms with Gasteiger partial charge >= 0.3 is 0 Å². The number of hydrogen-bond donors (Lipinski definition) is 4. The highest BCUT2D eigenvalue weighted by atomic mass is 16.3. The van der Waals surface area contributed by atoms with Gasteiger partial charge in [0.25, 0.3) is 0 Å². The Hall–Kier alpha value is -0.910. The highest BCUT2D eigenvalue weighted by Gasteiger charge is 2.20. The Morgan fingerprint density at radius 3 is 1.02 bits per heavy atom. The second kappa shape index (κ2) is 47.8. The van der Waals surface area contributed by atoms with Crippen LogP contribution in [0.15, 0.2) is 12.2 Å². The number of hydrogen-bond acceptors (Lipinski definition) is 4. The second-order valence-corrected chi connectivity index (χ2v) is 18.1. The van der Waals surface area contributed by atoms with Crippen LogP contribution in [0.3, 0.4) is 0 Å². The molecule has 5 heteroatoms. The van der Waals surface area contributed by atoms with Crippen LogP contribution in [0.25, 0.3) is 0 Å². The van der Waals surface area contributed by atoms with Crippen molar-refractivity contribution < 1.29 is 20.1 Å². The molecule has 0 fully saturated rings. The van der Waals surface area contributed by atoms with Gasteiger partial charge in [0.1, 0.15) is 0 Å². The van der Waals surface area contributed by atoms with Crippen molar-refractivity contribution in [2.75, 3.05) is 6.61 Å². The van der Waals surface area contributed by atoms with Gasteiger partial charge in [-0.05, 0) is 19.3 Å². The maximum absolute atomic E-state index is 12.5. The Bertz CT molecular complexity index is 803. The molecule has 0 radical (unpaired) electrons. The van der Waals surface area contributed by atoms with E-state index in [1.165, 1.54) is 238 Å². The molecule has 4 N–H and O–H groups in total. The number of carbonyl (C=O) groups excluding carboxylic acids is 1. The van der Waals surface area contributed by atoms with Crippen LogP contribution in [0.5, 0.6) is 0 Å². The van der Waals surface area contributed by atoms with Gasteiger partial charge < -0.3 is 20.6 Å². The normalized spacial score (nSPS) is 13.4. The van der Waals surface area contributed by atoms with Crippen LogP contribution < -0.4 is 5.32 Å². The number of amides is 1. The zero-order valence-corrected chi connectivity index (χ0v) is 38.7. The molecule has 0 aromatic carbocycles. The molecule has 0 heterocycles. The van der Waals surface area contributed by atoms with E-state index < -0.39 is 18.2 Å². The van der Waals surface area contributed by atoms with Crippen LogP contribution in [0.1, 0.15) is 290 Å². The van der Waals surface area contributed by atoms with Gasteiger partial charge in [0.15, 0.2) is 0 Å². The minimum Gasteiger partial charge on any atom is -0.394 e. The largest absolute Gasteiger partial charge is 0.394 e. The van der Waals surface area contributed by atoms with Gasteiger partial charge in [-0.2, -0.15) is 0 Å². The summed E-state index contributed by atoms with van der Waals surface area (Å²) < 4.78 is 0. The average Bonchev–Trinajstić information content (AvgIpc) is 3.20. The lowest BCUT2D eigenvalue weighted by Gasteiger charge is -2.21. The van der Waals surface area contributed by atoms with Gasteiger partial charge in [-0.3, -0.25) is 4.79 Å². The third kappa shape index (κ3) is 44.5. The summed E-state index contributed by atoms with van der Waals surface area (Å²) >= 11 is 0. The molecule has 0 saturated carbocycles. The van der Waals surface area contributed by atoms with Crippen molar-refractivity contribution in [1.82, 2.24) is 5.32 Å². The smallest absolute Gasteiger partial charge is 0.222 e. The van der Waals surface area contributed by atoms with Crippen LogP contribution in [0.2, 0.25) is 0 Å². The number of unbranched alkanes of at least 4 members (excludes halogenated alkanes) is 39. The number of aliphatic hydroxyl groups is 3. The lowest BCUT2D eigenvalue weighted by atomic mass is 10.0. The summed E-state index contributed by atoms with van der Waals surface area (Å²) in [7, 11) is 0. The van der Waals surface area contributed by atoms with Crippen LogP contribution in [0, 0.1) is 0 Å². The average molecular weight is 806 g/mol. The first kappa shape index (κ1) is 56.1. The van der Waals surface area contributed by atoms with Gasteiger partial charge in [-0.1, -0.05) is 276 Å². The van der Waals surface area contributed by atoms with Gasteiger partial charge in [0, 0.05) is 0 Å². The fourth-order valence-corrected chi connectivity index (χ4v) is 8.34. The summed E-state index contributed by atoms with van der Waals surface area (Å²) in [5, 5.41) is 33.4. The topological polar surface area (TPSA) is 89.8 Å². The van der Waals surface area contributed by atoms with E-state index in [1.54, 1.807) is 6.08 Å². The quantitative estimate of drug-likeness (QED) is 0.0364. The number of nitrogens with one attached hydrogen (secondary N) is 1. The van der Waals surface area contributed by atoms with Crippen molar-refractivity contribution in [1.29, 1.82) is 0 Å². The molecule has 0 aromatic rings. The molecule has 0 rings (SSSR count). The molecule has 0 aliphatic heterocycles. The van der Waals surface area contributed by atoms with E-state index in [2.05, 4.69) is 19.2 Å². The van der Waals surface area contributed by atoms with E-state index >= 15 is 0 Å². The summed E-state index contributed by atoms with van der Waals surface area (Å²) in [5.74, 6) is -0.309. The second-order valence-electron chi connectivity index (χ2n) is 18.1. The third-order valence-corrected chi connectivity index (χ3v) is 12.3. The standard InChI is InChI=1S/C52H103NO4/c1-3-5-7-9-11-13-15-17-19-21-22-23-24-25-26-27-28-30-32-34-36-38-40-42-44-46-51(56)50(48-54)53-52(57)47-49(55)45-43-41-39-37-35-33-31-29-20-18-16-14-12-10-8-6-4-2/h44,46,49-51,54-56H,3-43,45,47-48H2,1-2H3,(H,53,57)/b46-44+. The first-order valence-electron chi connectivity index (χ1n) is 26.0. The lowest BCUT2D eigenvalue weighted by Crippen LogP contribution is -2.45. The molecule has 0 spiro atoms. The van der Waals surface area contributed by atoms with E-state index in [4.69, 9.17) is 0 Å². The molecule has 3 atom stereocenters. The minimum absolute atomic E-state index is 0.0191. The predicted octanol–water partition coefficient (Wildman–Crippen LogP) is 15.6. The van der Waals surface area contributed by atoms with E-state index in [1.807, 2.05) is 6.08 Å². The van der Waals surface area contributed by atoms with Crippen molar-refractivity contribution in [2.45, 2.75) is 308 Å². The molecule has 57 heavy (non-hydrogen) atoms. The number of aliphatic hydroxyl groups excluding tert-OH is 3. The summed E-state index contributed by atoms with van der Waals surface area (Å²) in [6.45, 7) is 4.25. The highest BCUT2D eigenvalue weighted by molar-refractivity contribution is 5.76. The first-order chi connectivity index (χ1) is 28.0. The molecule has 3 unspecified atom stereocenters. The van der Waals surface area contributed by atoms with E-state index in [9.17, 15) is 20.1 Å². The van der Waals surface area contributed by atoms with Crippen LogP contribution in [-0.2, 0) is 4.79 Å². The Balaban J connectivity index is 3.56. The lowest BCUT2D eigenvalue weighted by molar-refractivity contribution is -0.124. The van der Waals surface area contributed by atoms with Crippen LogP contribution in [-0.4, -0.2) is 46.1 Å². The molecule has 340 valence electrons. The zero-order valence-electron chi connectivity index (χ0n) is 38.7. The monoisotopic (exact) mass is 806 g/mol. The van der Waals surface area contributed by atoms with Gasteiger partial charge in [-0.25, -0.2) is 0 Å². The van der Waals surface area contributed by atoms with E-state index in [-0.39, 0.29) is 18.9 Å². The maximum atomic E-state index is 12.5. The van der Waals surface area contributed by atoms with Gasteiger partial charge in [-0.15, -0.1) is 0 Å². The molecule has 0 aromatic heterocycles. The fraction of sp³-hybridized carbons (Fsp3) is 0.942. The molecular formula is C52H103NO4. The van der Waals surface area contributed by atoms with E-state index in [0.717, 1.165) is 25.7 Å². The Morgan fingerprint density at radius 2 is 0.719 bits per heavy atom. The number of carbonyl (C=O) groups is 1. The molecule has 0 aliphatic carbocycles. The number of rotatable bonds is 48. The highest BCUT2D eigenvalue weighted by Crippen LogP contribution is 2.17. The molecule has 5 nitrogen and oxygen atoms in total. The van der Waals surface area contributed by atoms with Crippen molar-refractivity contribution in [3.8, 4) is 0 Å². The molecule has 0 bridgehead atoms. The van der Waals surface area contributed by atoms with Crippen molar-refractivity contribution in [3.63, 3.8) is 0 Å². The minimum atomic E-state index is -0.925. The Kier molecular flexibility index (Phi) is 47.0. The maximum Gasteiger partial charge on any atom is 0.222 e. The van der Waals surface area contributed by atoms with Crippen molar-refractivity contribution >= 4 is 5.91 Å². The molecule has 0 saturated heterocycles. The van der Waals surface area contributed by atoms with Crippen LogP contribution in [0.4, 0.5) is 0 Å². The van der Waals surface area contributed by atoms with Gasteiger partial charge in [0.05, 0.1) is 31.3 Å². The third-order valence-electron chi connectivity index (χ3n) is 12.3. The molecule has 1 amide bonds. The van der Waals surface area contributed by atoms with E-state index in [0.29, 0.717) is 6.42 Å².